The molecular formula is C23H23F3N8O2. The van der Waals surface area contributed by atoms with E-state index in [0.717, 1.165) is 38.2 Å². The summed E-state index contributed by atoms with van der Waals surface area (Å²) in [6.07, 6.45) is 3.72. The first-order chi connectivity index (χ1) is 17.0. The van der Waals surface area contributed by atoms with Gasteiger partial charge in [-0.05, 0) is 56.4 Å². The standard InChI is InChI=1S/C23H23F3N8O2/c1-32-16-8-27-19(30-15-9-33-17(28-11-29-33)3-14(15)23(24,25)26)31-18(16)34(20(32)35)21-4-12-2-13(5-21)7-22(36,6-12)10-21/h3,8-9,11-13,36H,2,4-7,10H2,1H3,(H,27,30,31). The van der Waals surface area contributed by atoms with Crippen molar-refractivity contribution in [1.82, 2.24) is 33.7 Å². The lowest BCUT2D eigenvalue weighted by Crippen LogP contribution is -2.61. The van der Waals surface area contributed by atoms with Gasteiger partial charge in [-0.25, -0.2) is 19.3 Å². The van der Waals surface area contributed by atoms with Crippen LogP contribution in [-0.4, -0.2) is 44.4 Å². The zero-order chi connectivity index (χ0) is 25.0. The minimum Gasteiger partial charge on any atom is -0.390 e. The number of anilines is 2. The zero-order valence-electron chi connectivity index (χ0n) is 19.3. The fraction of sp³-hybridized carbons (Fsp3) is 0.522. The molecule has 0 aromatic carbocycles. The summed E-state index contributed by atoms with van der Waals surface area (Å²) in [5, 5.41) is 17.8. The third-order valence-corrected chi connectivity index (χ3v) is 8.24. The zero-order valence-corrected chi connectivity index (χ0v) is 19.3. The summed E-state index contributed by atoms with van der Waals surface area (Å²) in [6.45, 7) is 0. The predicted octanol–water partition coefficient (Wildman–Crippen LogP) is 2.98. The Labute approximate surface area is 201 Å². The molecule has 0 spiro atoms. The lowest BCUT2D eigenvalue weighted by molar-refractivity contribution is -0.156. The third-order valence-electron chi connectivity index (χ3n) is 8.24. The number of hydrogen-bond acceptors (Lipinski definition) is 7. The molecule has 8 rings (SSSR count). The van der Waals surface area contributed by atoms with Crippen molar-refractivity contribution >= 4 is 28.4 Å². The Morgan fingerprint density at radius 3 is 2.61 bits per heavy atom. The number of nitrogens with one attached hydrogen (secondary N) is 1. The summed E-state index contributed by atoms with van der Waals surface area (Å²) in [4.78, 5) is 26.1. The van der Waals surface area contributed by atoms with Crippen LogP contribution in [0, 0.1) is 11.8 Å². The molecule has 4 aliphatic rings. The second-order valence-corrected chi connectivity index (χ2v) is 10.8. The highest BCUT2D eigenvalue weighted by atomic mass is 19.4. The van der Waals surface area contributed by atoms with E-state index in [4.69, 9.17) is 0 Å². The summed E-state index contributed by atoms with van der Waals surface area (Å²) >= 11 is 0. The van der Waals surface area contributed by atoms with Gasteiger partial charge in [0.15, 0.2) is 11.3 Å². The molecule has 4 aromatic rings. The van der Waals surface area contributed by atoms with Crippen molar-refractivity contribution in [2.75, 3.05) is 5.32 Å². The fourth-order valence-electron chi connectivity index (χ4n) is 7.34. The molecule has 0 saturated heterocycles. The maximum atomic E-state index is 13.8. The molecule has 4 heterocycles. The number of aryl methyl sites for hydroxylation is 1. The number of imidazole rings is 1. The van der Waals surface area contributed by atoms with Crippen molar-refractivity contribution in [3.63, 3.8) is 0 Å². The summed E-state index contributed by atoms with van der Waals surface area (Å²) in [5.74, 6) is 0.596. The van der Waals surface area contributed by atoms with E-state index in [1.54, 1.807) is 11.6 Å². The van der Waals surface area contributed by atoms with Crippen molar-refractivity contribution in [1.29, 1.82) is 0 Å². The van der Waals surface area contributed by atoms with Crippen LogP contribution in [0.15, 0.2) is 29.6 Å². The van der Waals surface area contributed by atoms with E-state index in [0.29, 0.717) is 29.4 Å². The second kappa shape index (κ2) is 6.84. The molecule has 13 heteroatoms. The molecule has 4 bridgehead atoms. The van der Waals surface area contributed by atoms with Crippen LogP contribution in [0.3, 0.4) is 0 Å². The topological polar surface area (TPSA) is 115 Å². The van der Waals surface area contributed by atoms with Gasteiger partial charge in [0.2, 0.25) is 5.95 Å². The maximum absolute atomic E-state index is 13.8. The van der Waals surface area contributed by atoms with Crippen molar-refractivity contribution < 1.29 is 18.3 Å². The van der Waals surface area contributed by atoms with Gasteiger partial charge in [0.25, 0.3) is 0 Å². The van der Waals surface area contributed by atoms with E-state index in [1.165, 1.54) is 27.8 Å². The van der Waals surface area contributed by atoms with Crippen LogP contribution >= 0.6 is 0 Å². The molecular weight excluding hydrogens is 477 g/mol. The number of fused-ring (bicyclic) bond motifs is 2. The SMILES string of the molecule is Cn1c(=O)n(C23CC4CC(CC(O)(C4)C2)C3)c2nc(Nc3cn4ncnc4cc3C(F)(F)F)ncc21. The molecule has 188 valence electrons. The number of halogens is 3. The normalized spacial score (nSPS) is 29.5. The van der Waals surface area contributed by atoms with Crippen molar-refractivity contribution in [3.8, 4) is 0 Å². The average molecular weight is 500 g/mol. The van der Waals surface area contributed by atoms with E-state index < -0.39 is 22.9 Å². The van der Waals surface area contributed by atoms with Crippen molar-refractivity contribution in [2.45, 2.75) is 55.8 Å². The Hall–Kier alpha value is -3.48. The van der Waals surface area contributed by atoms with E-state index in [-0.39, 0.29) is 23.0 Å². The minimum atomic E-state index is -4.65. The highest BCUT2D eigenvalue weighted by Crippen LogP contribution is 2.60. The molecule has 0 aliphatic heterocycles. The van der Waals surface area contributed by atoms with Gasteiger partial charge in [0.1, 0.15) is 11.8 Å². The highest BCUT2D eigenvalue weighted by molar-refractivity contribution is 5.74. The quantitative estimate of drug-likeness (QED) is 0.444. The van der Waals surface area contributed by atoms with E-state index >= 15 is 0 Å². The maximum Gasteiger partial charge on any atom is 0.418 e. The van der Waals surface area contributed by atoms with E-state index in [1.807, 2.05) is 0 Å². The Balaban J connectivity index is 1.36. The molecule has 10 nitrogen and oxygen atoms in total. The van der Waals surface area contributed by atoms with Gasteiger partial charge in [0.05, 0.1) is 34.8 Å². The van der Waals surface area contributed by atoms with Crippen LogP contribution in [0.1, 0.15) is 44.1 Å². The van der Waals surface area contributed by atoms with Gasteiger partial charge in [-0.3, -0.25) is 9.13 Å². The number of nitrogens with zero attached hydrogens (tertiary/aromatic N) is 7. The van der Waals surface area contributed by atoms with Crippen LogP contribution in [0.25, 0.3) is 16.8 Å². The van der Waals surface area contributed by atoms with Crippen molar-refractivity contribution in [3.05, 3.63) is 40.8 Å². The van der Waals surface area contributed by atoms with Gasteiger partial charge in [-0.2, -0.15) is 23.3 Å². The first kappa shape index (κ1) is 21.8. The van der Waals surface area contributed by atoms with Crippen LogP contribution in [0.5, 0.6) is 0 Å². The van der Waals surface area contributed by atoms with E-state index in [9.17, 15) is 23.1 Å². The Bertz CT molecular complexity index is 1590. The highest BCUT2D eigenvalue weighted by Gasteiger charge is 2.59. The minimum absolute atomic E-state index is 0.0564. The summed E-state index contributed by atoms with van der Waals surface area (Å²) in [6, 6.07) is 0.905. The molecule has 4 fully saturated rings. The molecule has 4 saturated carbocycles. The number of hydrogen-bond donors (Lipinski definition) is 2. The smallest absolute Gasteiger partial charge is 0.390 e. The largest absolute Gasteiger partial charge is 0.418 e. The molecule has 4 aliphatic carbocycles. The average Bonchev–Trinajstić information content (AvgIpc) is 3.33. The molecule has 2 unspecified atom stereocenters. The third kappa shape index (κ3) is 3.04. The Morgan fingerprint density at radius 1 is 1.17 bits per heavy atom. The number of aromatic nitrogens is 7. The molecule has 2 N–H and O–H groups in total. The van der Waals surface area contributed by atoms with Gasteiger partial charge < -0.3 is 10.4 Å². The molecule has 4 aromatic heterocycles. The monoisotopic (exact) mass is 500 g/mol. The molecule has 0 amide bonds. The van der Waals surface area contributed by atoms with E-state index in [2.05, 4.69) is 25.4 Å². The summed E-state index contributed by atoms with van der Waals surface area (Å²) in [7, 11) is 1.63. The summed E-state index contributed by atoms with van der Waals surface area (Å²) < 4.78 is 45.8. The first-order valence-corrected chi connectivity index (χ1v) is 11.9. The van der Waals surface area contributed by atoms with Crippen LogP contribution < -0.4 is 11.0 Å². The lowest BCUT2D eigenvalue weighted by atomic mass is 9.51. The van der Waals surface area contributed by atoms with Gasteiger partial charge >= 0.3 is 11.9 Å². The Kier molecular flexibility index (Phi) is 4.14. The van der Waals surface area contributed by atoms with Gasteiger partial charge in [-0.1, -0.05) is 0 Å². The number of rotatable bonds is 3. The molecule has 36 heavy (non-hydrogen) atoms. The van der Waals surface area contributed by atoms with Crippen LogP contribution in [-0.2, 0) is 18.8 Å². The molecule has 2 atom stereocenters. The van der Waals surface area contributed by atoms with Crippen molar-refractivity contribution in [2.24, 2.45) is 18.9 Å². The van der Waals surface area contributed by atoms with Crippen LogP contribution in [0.2, 0.25) is 0 Å². The lowest BCUT2D eigenvalue weighted by Gasteiger charge is -2.60. The fourth-order valence-corrected chi connectivity index (χ4v) is 7.34. The Morgan fingerprint density at radius 2 is 1.92 bits per heavy atom. The number of alkyl halides is 3. The molecule has 0 radical (unpaired) electrons. The number of aliphatic hydroxyl groups is 1. The first-order valence-electron chi connectivity index (χ1n) is 11.9. The van der Waals surface area contributed by atoms with Gasteiger partial charge in [0, 0.05) is 7.05 Å². The van der Waals surface area contributed by atoms with Gasteiger partial charge in [-0.15, -0.1) is 0 Å². The predicted molar refractivity (Wildman–Crippen MR) is 122 cm³/mol. The number of pyridine rings is 1. The van der Waals surface area contributed by atoms with Crippen LogP contribution in [0.4, 0.5) is 24.8 Å². The second-order valence-electron chi connectivity index (χ2n) is 10.8. The summed E-state index contributed by atoms with van der Waals surface area (Å²) in [5.41, 5.74) is -1.96.